The van der Waals surface area contributed by atoms with Crippen LogP contribution in [0.3, 0.4) is 0 Å². The minimum absolute atomic E-state index is 0.0772. The van der Waals surface area contributed by atoms with E-state index in [9.17, 15) is 9.59 Å². The molecule has 124 valence electrons. The van der Waals surface area contributed by atoms with Gasteiger partial charge < -0.3 is 10.6 Å². The van der Waals surface area contributed by atoms with E-state index in [4.69, 9.17) is 0 Å². The summed E-state index contributed by atoms with van der Waals surface area (Å²) in [6.07, 6.45) is 7.31. The molecule has 3 saturated carbocycles. The van der Waals surface area contributed by atoms with Crippen LogP contribution in [0.1, 0.15) is 65.7 Å². The Kier molecular flexibility index (Phi) is 3.98. The lowest BCUT2D eigenvalue weighted by Gasteiger charge is -2.47. The Hall–Kier alpha value is -1.06. The highest BCUT2D eigenvalue weighted by molar-refractivity contribution is 5.81. The summed E-state index contributed by atoms with van der Waals surface area (Å²) in [6.45, 7) is 7.56. The summed E-state index contributed by atoms with van der Waals surface area (Å²) >= 11 is 0. The molecule has 2 N–H and O–H groups in total. The molecule has 4 heteroatoms. The van der Waals surface area contributed by atoms with E-state index in [1.807, 2.05) is 0 Å². The standard InChI is InChI=1S/C18H30N2O2/c1-17(2)8-14(20-16(22)13-6-7-13)9-18(3,10-17)11-19-15(21)12-4-5-12/h12-14H,4-11H2,1-3H3,(H,19,21)(H,20,22). The summed E-state index contributed by atoms with van der Waals surface area (Å²) in [6, 6.07) is 0.250. The van der Waals surface area contributed by atoms with Crippen LogP contribution < -0.4 is 10.6 Å². The van der Waals surface area contributed by atoms with Gasteiger partial charge in [0.1, 0.15) is 0 Å². The SMILES string of the molecule is CC1(C)CC(NC(=O)C2CC2)CC(C)(CNC(=O)C2CC2)C1. The molecular weight excluding hydrogens is 276 g/mol. The summed E-state index contributed by atoms with van der Waals surface area (Å²) in [5.41, 5.74) is 0.284. The Labute approximate surface area is 133 Å². The van der Waals surface area contributed by atoms with Gasteiger partial charge in [0.25, 0.3) is 0 Å². The summed E-state index contributed by atoms with van der Waals surface area (Å²) in [4.78, 5) is 24.0. The average molecular weight is 306 g/mol. The van der Waals surface area contributed by atoms with E-state index < -0.39 is 0 Å². The van der Waals surface area contributed by atoms with Crippen molar-refractivity contribution in [3.8, 4) is 0 Å². The quantitative estimate of drug-likeness (QED) is 0.820. The van der Waals surface area contributed by atoms with Crippen LogP contribution in [0.2, 0.25) is 0 Å². The van der Waals surface area contributed by atoms with Gasteiger partial charge >= 0.3 is 0 Å². The molecule has 0 radical (unpaired) electrons. The fourth-order valence-electron chi connectivity index (χ4n) is 4.33. The van der Waals surface area contributed by atoms with Crippen LogP contribution in [0.25, 0.3) is 0 Å². The second-order valence-electron chi connectivity index (χ2n) is 9.03. The van der Waals surface area contributed by atoms with Crippen molar-refractivity contribution in [2.45, 2.75) is 71.8 Å². The van der Waals surface area contributed by atoms with Gasteiger partial charge in [0.2, 0.25) is 11.8 Å². The van der Waals surface area contributed by atoms with Crippen molar-refractivity contribution in [3.05, 3.63) is 0 Å². The number of carbonyl (C=O) groups excluding carboxylic acids is 2. The van der Waals surface area contributed by atoms with Crippen LogP contribution in [0.15, 0.2) is 0 Å². The van der Waals surface area contributed by atoms with E-state index >= 15 is 0 Å². The number of rotatable bonds is 5. The summed E-state index contributed by atoms with van der Waals surface area (Å²) < 4.78 is 0. The van der Waals surface area contributed by atoms with Gasteiger partial charge in [0.05, 0.1) is 0 Å². The second-order valence-corrected chi connectivity index (χ2v) is 9.03. The zero-order chi connectivity index (χ0) is 16.0. The first-order chi connectivity index (χ1) is 10.3. The Morgan fingerprint density at radius 2 is 1.55 bits per heavy atom. The first kappa shape index (κ1) is 15.8. The molecule has 0 heterocycles. The van der Waals surface area contributed by atoms with Crippen molar-refractivity contribution >= 4 is 11.8 Å². The third-order valence-electron chi connectivity index (χ3n) is 5.38. The van der Waals surface area contributed by atoms with Crippen molar-refractivity contribution < 1.29 is 9.59 Å². The van der Waals surface area contributed by atoms with Gasteiger partial charge in [0.15, 0.2) is 0 Å². The second kappa shape index (κ2) is 5.54. The van der Waals surface area contributed by atoms with Gasteiger partial charge in [-0.15, -0.1) is 0 Å². The molecule has 3 aliphatic rings. The third-order valence-corrected chi connectivity index (χ3v) is 5.38. The van der Waals surface area contributed by atoms with Gasteiger partial charge in [0, 0.05) is 24.4 Å². The van der Waals surface area contributed by atoms with Gasteiger partial charge in [-0.05, 0) is 55.8 Å². The maximum atomic E-state index is 12.1. The highest BCUT2D eigenvalue weighted by Gasteiger charge is 2.43. The van der Waals surface area contributed by atoms with E-state index in [-0.39, 0.29) is 40.5 Å². The molecule has 22 heavy (non-hydrogen) atoms. The van der Waals surface area contributed by atoms with Crippen LogP contribution >= 0.6 is 0 Å². The molecule has 0 spiro atoms. The number of carbonyl (C=O) groups is 2. The molecule has 0 aliphatic heterocycles. The smallest absolute Gasteiger partial charge is 0.223 e. The maximum Gasteiger partial charge on any atom is 0.223 e. The molecule has 0 aromatic rings. The Morgan fingerprint density at radius 1 is 0.955 bits per heavy atom. The molecule has 4 nitrogen and oxygen atoms in total. The van der Waals surface area contributed by atoms with Crippen molar-refractivity contribution in [3.63, 3.8) is 0 Å². The summed E-state index contributed by atoms with van der Waals surface area (Å²) in [7, 11) is 0. The molecule has 3 fully saturated rings. The highest BCUT2D eigenvalue weighted by Crippen LogP contribution is 2.46. The fourth-order valence-corrected chi connectivity index (χ4v) is 4.33. The highest BCUT2D eigenvalue weighted by atomic mass is 16.2. The largest absolute Gasteiger partial charge is 0.355 e. The molecule has 3 aliphatic carbocycles. The molecule has 0 aromatic heterocycles. The predicted octanol–water partition coefficient (Wildman–Crippen LogP) is 2.62. The molecule has 3 rings (SSSR count). The molecule has 2 unspecified atom stereocenters. The topological polar surface area (TPSA) is 58.2 Å². The zero-order valence-electron chi connectivity index (χ0n) is 14.2. The van der Waals surface area contributed by atoms with E-state index in [1.54, 1.807) is 0 Å². The van der Waals surface area contributed by atoms with E-state index in [0.29, 0.717) is 0 Å². The monoisotopic (exact) mass is 306 g/mol. The first-order valence-electron chi connectivity index (χ1n) is 8.85. The lowest BCUT2D eigenvalue weighted by atomic mass is 9.62. The Bertz CT molecular complexity index is 466. The minimum Gasteiger partial charge on any atom is -0.355 e. The molecule has 0 aromatic carbocycles. The molecule has 0 bridgehead atoms. The summed E-state index contributed by atoms with van der Waals surface area (Å²) in [5.74, 6) is 1.01. The van der Waals surface area contributed by atoms with Gasteiger partial charge in [-0.1, -0.05) is 20.8 Å². The van der Waals surface area contributed by atoms with Crippen molar-refractivity contribution in [1.82, 2.24) is 10.6 Å². The van der Waals surface area contributed by atoms with Crippen molar-refractivity contribution in [2.75, 3.05) is 6.54 Å². The number of hydrogen-bond donors (Lipinski definition) is 2. The van der Waals surface area contributed by atoms with Gasteiger partial charge in [-0.25, -0.2) is 0 Å². The fraction of sp³-hybridized carbons (Fsp3) is 0.889. The molecule has 2 atom stereocenters. The molecule has 2 amide bonds. The van der Waals surface area contributed by atoms with Crippen LogP contribution in [0, 0.1) is 22.7 Å². The van der Waals surface area contributed by atoms with E-state index in [1.165, 1.54) is 0 Å². The van der Waals surface area contributed by atoms with Crippen LogP contribution in [-0.2, 0) is 9.59 Å². The Morgan fingerprint density at radius 3 is 2.14 bits per heavy atom. The first-order valence-corrected chi connectivity index (χ1v) is 8.85. The van der Waals surface area contributed by atoms with E-state index in [0.717, 1.165) is 51.5 Å². The molecular formula is C18H30N2O2. The zero-order valence-corrected chi connectivity index (χ0v) is 14.2. The summed E-state index contributed by atoms with van der Waals surface area (Å²) in [5, 5.41) is 6.41. The number of hydrogen-bond acceptors (Lipinski definition) is 2. The van der Waals surface area contributed by atoms with Crippen LogP contribution in [-0.4, -0.2) is 24.4 Å². The minimum atomic E-state index is 0.0772. The van der Waals surface area contributed by atoms with Gasteiger partial charge in [-0.2, -0.15) is 0 Å². The van der Waals surface area contributed by atoms with E-state index in [2.05, 4.69) is 31.4 Å². The lowest BCUT2D eigenvalue weighted by molar-refractivity contribution is -0.125. The van der Waals surface area contributed by atoms with Crippen LogP contribution in [0.4, 0.5) is 0 Å². The van der Waals surface area contributed by atoms with Crippen LogP contribution in [0.5, 0.6) is 0 Å². The number of nitrogens with one attached hydrogen (secondary N) is 2. The predicted molar refractivity (Wildman–Crippen MR) is 86.1 cm³/mol. The lowest BCUT2D eigenvalue weighted by Crippen LogP contribution is -2.50. The Balaban J connectivity index is 1.58. The van der Waals surface area contributed by atoms with Crippen molar-refractivity contribution in [2.24, 2.45) is 22.7 Å². The average Bonchev–Trinajstić information content (AvgIpc) is 3.27. The maximum absolute atomic E-state index is 12.1. The molecule has 0 saturated heterocycles. The normalized spacial score (nSPS) is 34.0. The van der Waals surface area contributed by atoms with Gasteiger partial charge in [-0.3, -0.25) is 9.59 Å². The number of amides is 2. The third kappa shape index (κ3) is 4.02. The van der Waals surface area contributed by atoms with Crippen molar-refractivity contribution in [1.29, 1.82) is 0 Å².